The summed E-state index contributed by atoms with van der Waals surface area (Å²) in [6, 6.07) is 0. The molecule has 2 fully saturated rings. The SMILES string of the molecule is [CH2]CCCCCCCCCOC1CC2CC([O])C1C2. The Morgan fingerprint density at radius 2 is 1.58 bits per heavy atom. The molecule has 0 aliphatic heterocycles. The van der Waals surface area contributed by atoms with Crippen molar-refractivity contribution in [1.29, 1.82) is 0 Å². The van der Waals surface area contributed by atoms with Gasteiger partial charge in [-0.3, -0.25) is 0 Å². The molecule has 19 heavy (non-hydrogen) atoms. The number of hydrogen-bond acceptors (Lipinski definition) is 1. The fourth-order valence-electron chi connectivity index (χ4n) is 3.81. The fraction of sp³-hybridized carbons (Fsp3) is 0.941. The number of unbranched alkanes of at least 4 members (excludes halogenated alkanes) is 7. The third-order valence-corrected chi connectivity index (χ3v) is 4.92. The van der Waals surface area contributed by atoms with Crippen LogP contribution >= 0.6 is 0 Å². The quantitative estimate of drug-likeness (QED) is 0.533. The lowest BCUT2D eigenvalue weighted by Gasteiger charge is -2.25. The fourth-order valence-corrected chi connectivity index (χ4v) is 3.81. The Labute approximate surface area is 118 Å². The van der Waals surface area contributed by atoms with Crippen LogP contribution in [0.4, 0.5) is 0 Å². The third-order valence-electron chi connectivity index (χ3n) is 4.92. The molecule has 2 rings (SSSR count). The lowest BCUT2D eigenvalue weighted by Crippen LogP contribution is -2.30. The molecule has 0 saturated heterocycles. The first kappa shape index (κ1) is 15.3. The van der Waals surface area contributed by atoms with Crippen molar-refractivity contribution in [1.82, 2.24) is 0 Å². The third kappa shape index (κ3) is 4.75. The second-order valence-electron chi connectivity index (χ2n) is 6.51. The first-order chi connectivity index (χ1) is 9.31. The van der Waals surface area contributed by atoms with Crippen molar-refractivity contribution in [2.75, 3.05) is 6.61 Å². The van der Waals surface area contributed by atoms with Crippen LogP contribution in [0.1, 0.15) is 70.6 Å². The van der Waals surface area contributed by atoms with Crippen LogP contribution in [0, 0.1) is 18.8 Å². The van der Waals surface area contributed by atoms with E-state index in [9.17, 15) is 5.11 Å². The van der Waals surface area contributed by atoms with Crippen molar-refractivity contribution in [2.45, 2.75) is 82.8 Å². The van der Waals surface area contributed by atoms with Crippen LogP contribution < -0.4 is 0 Å². The van der Waals surface area contributed by atoms with Gasteiger partial charge >= 0.3 is 0 Å². The maximum Gasteiger partial charge on any atom is 0.0985 e. The van der Waals surface area contributed by atoms with Crippen LogP contribution in [0.5, 0.6) is 0 Å². The molecule has 0 N–H and O–H groups in total. The minimum atomic E-state index is -0.322. The predicted molar refractivity (Wildman–Crippen MR) is 77.3 cm³/mol. The van der Waals surface area contributed by atoms with Gasteiger partial charge in [0.05, 0.1) is 12.2 Å². The van der Waals surface area contributed by atoms with Crippen molar-refractivity contribution >= 4 is 0 Å². The summed E-state index contributed by atoms with van der Waals surface area (Å²) in [5.74, 6) is 1.03. The van der Waals surface area contributed by atoms with Crippen molar-refractivity contribution < 1.29 is 9.84 Å². The van der Waals surface area contributed by atoms with E-state index in [1.165, 1.54) is 44.9 Å². The maximum absolute atomic E-state index is 11.7. The van der Waals surface area contributed by atoms with Crippen molar-refractivity contribution in [2.24, 2.45) is 11.8 Å². The Hall–Kier alpha value is -0.0800. The van der Waals surface area contributed by atoms with Crippen LogP contribution in [0.2, 0.25) is 0 Å². The highest BCUT2D eigenvalue weighted by molar-refractivity contribution is 4.96. The zero-order valence-corrected chi connectivity index (χ0v) is 12.3. The van der Waals surface area contributed by atoms with E-state index in [-0.39, 0.29) is 6.10 Å². The van der Waals surface area contributed by atoms with Crippen molar-refractivity contribution in [3.8, 4) is 0 Å². The highest BCUT2D eigenvalue weighted by atomic mass is 16.5. The molecular formula is C17H30O2. The molecule has 0 aromatic heterocycles. The normalized spacial score (nSPS) is 33.2. The molecule has 0 spiro atoms. The molecule has 2 nitrogen and oxygen atoms in total. The van der Waals surface area contributed by atoms with Crippen LogP contribution in [0.25, 0.3) is 0 Å². The van der Waals surface area contributed by atoms with Gasteiger partial charge in [-0.05, 0) is 31.6 Å². The highest BCUT2D eigenvalue weighted by Crippen LogP contribution is 2.46. The molecule has 2 bridgehead atoms. The summed E-state index contributed by atoms with van der Waals surface area (Å²) in [7, 11) is 0. The van der Waals surface area contributed by atoms with Gasteiger partial charge in [0.2, 0.25) is 0 Å². The Bertz CT molecular complexity index is 241. The van der Waals surface area contributed by atoms with Crippen LogP contribution in [0.3, 0.4) is 0 Å². The lowest BCUT2D eigenvalue weighted by atomic mass is 9.95. The zero-order valence-electron chi connectivity index (χ0n) is 12.3. The molecule has 0 aromatic carbocycles. The molecular weight excluding hydrogens is 236 g/mol. The van der Waals surface area contributed by atoms with Crippen molar-refractivity contribution in [3.63, 3.8) is 0 Å². The van der Waals surface area contributed by atoms with E-state index < -0.39 is 0 Å². The smallest absolute Gasteiger partial charge is 0.0985 e. The summed E-state index contributed by atoms with van der Waals surface area (Å²) < 4.78 is 5.94. The Kier molecular flexibility index (Phi) is 6.66. The van der Waals surface area contributed by atoms with E-state index in [1.807, 2.05) is 0 Å². The van der Waals surface area contributed by atoms with Gasteiger partial charge in [-0.2, -0.15) is 0 Å². The van der Waals surface area contributed by atoms with E-state index in [4.69, 9.17) is 4.74 Å². The second kappa shape index (κ2) is 8.26. The monoisotopic (exact) mass is 266 g/mol. The summed E-state index contributed by atoms with van der Waals surface area (Å²) >= 11 is 0. The number of hydrogen-bond donors (Lipinski definition) is 0. The zero-order chi connectivity index (χ0) is 13.5. The minimum absolute atomic E-state index is 0.304. The van der Waals surface area contributed by atoms with Crippen LogP contribution in [-0.2, 0) is 9.84 Å². The standard InChI is InChI=1S/C17H30O2/c1-2-3-4-5-6-7-8-9-10-19-17-13-14-11-15(17)16(18)12-14/h14-17H,1-13H2. The summed E-state index contributed by atoms with van der Waals surface area (Å²) in [5, 5.41) is 11.7. The van der Waals surface area contributed by atoms with E-state index in [0.717, 1.165) is 32.3 Å². The number of rotatable bonds is 10. The summed E-state index contributed by atoms with van der Waals surface area (Å²) in [6.07, 6.45) is 13.4. The first-order valence-electron chi connectivity index (χ1n) is 8.38. The average molecular weight is 266 g/mol. The first-order valence-corrected chi connectivity index (χ1v) is 8.38. The van der Waals surface area contributed by atoms with Gasteiger partial charge in [-0.1, -0.05) is 51.9 Å². The Morgan fingerprint density at radius 1 is 0.895 bits per heavy atom. The van der Waals surface area contributed by atoms with Crippen molar-refractivity contribution in [3.05, 3.63) is 6.92 Å². The van der Waals surface area contributed by atoms with Gasteiger partial charge in [0.1, 0.15) is 0 Å². The topological polar surface area (TPSA) is 29.1 Å². The summed E-state index contributed by atoms with van der Waals surface area (Å²) in [6.45, 7) is 4.74. The molecule has 0 heterocycles. The molecule has 2 heteroatoms. The van der Waals surface area contributed by atoms with E-state index in [2.05, 4.69) is 6.92 Å². The van der Waals surface area contributed by atoms with Gasteiger partial charge in [0.25, 0.3) is 0 Å². The number of ether oxygens (including phenoxy) is 1. The molecule has 4 unspecified atom stereocenters. The molecule has 2 saturated carbocycles. The molecule has 0 amide bonds. The maximum atomic E-state index is 11.7. The number of fused-ring (bicyclic) bond motifs is 2. The predicted octanol–water partition coefficient (Wildman–Crippen LogP) is 4.56. The molecule has 0 aromatic rings. The molecule has 2 radical (unpaired) electrons. The van der Waals surface area contributed by atoms with Crippen LogP contribution in [0.15, 0.2) is 0 Å². The van der Waals surface area contributed by atoms with Crippen LogP contribution in [-0.4, -0.2) is 18.8 Å². The van der Waals surface area contributed by atoms with Gasteiger partial charge in [-0.15, -0.1) is 0 Å². The highest BCUT2D eigenvalue weighted by Gasteiger charge is 2.46. The van der Waals surface area contributed by atoms with Gasteiger partial charge in [-0.25, -0.2) is 5.11 Å². The van der Waals surface area contributed by atoms with Gasteiger partial charge < -0.3 is 4.74 Å². The lowest BCUT2D eigenvalue weighted by molar-refractivity contribution is -0.0551. The van der Waals surface area contributed by atoms with Gasteiger partial charge in [0.15, 0.2) is 0 Å². The summed E-state index contributed by atoms with van der Waals surface area (Å²) in [4.78, 5) is 0. The van der Waals surface area contributed by atoms with E-state index in [0.29, 0.717) is 17.9 Å². The van der Waals surface area contributed by atoms with Gasteiger partial charge in [0, 0.05) is 12.5 Å². The molecule has 110 valence electrons. The largest absolute Gasteiger partial charge is 0.378 e. The summed E-state index contributed by atoms with van der Waals surface area (Å²) in [5.41, 5.74) is 0. The minimum Gasteiger partial charge on any atom is -0.378 e. The Balaban J connectivity index is 1.41. The van der Waals surface area contributed by atoms with E-state index in [1.54, 1.807) is 0 Å². The Morgan fingerprint density at radius 3 is 2.21 bits per heavy atom. The second-order valence-corrected chi connectivity index (χ2v) is 6.51. The molecule has 2 aliphatic rings. The van der Waals surface area contributed by atoms with E-state index >= 15 is 0 Å². The molecule has 4 atom stereocenters. The average Bonchev–Trinajstić information content (AvgIpc) is 2.95. The molecule has 2 aliphatic carbocycles.